The van der Waals surface area contributed by atoms with Crippen LogP contribution in [0.25, 0.3) is 0 Å². The minimum absolute atomic E-state index is 0.194. The minimum Gasteiger partial charge on any atom is -0.444 e. The minimum atomic E-state index is -0.424. The summed E-state index contributed by atoms with van der Waals surface area (Å²) in [6.45, 7) is 10.2. The molecule has 1 saturated heterocycles. The first-order valence-electron chi connectivity index (χ1n) is 7.42. The molecule has 1 aromatic heterocycles. The molecule has 5 nitrogen and oxygen atoms in total. The summed E-state index contributed by atoms with van der Waals surface area (Å²) in [6.07, 6.45) is 3.65. The number of likely N-dealkylation sites (tertiary alicyclic amines) is 1. The monoisotopic (exact) mass is 357 g/mol. The van der Waals surface area contributed by atoms with Crippen molar-refractivity contribution in [1.29, 1.82) is 0 Å². The molecule has 0 radical (unpaired) electrons. The highest BCUT2D eigenvalue weighted by Crippen LogP contribution is 2.23. The van der Waals surface area contributed by atoms with Crippen LogP contribution < -0.4 is 0 Å². The summed E-state index contributed by atoms with van der Waals surface area (Å²) in [5.74, 6) is 1.60. The molecule has 2 heterocycles. The topological polar surface area (TPSA) is 47.4 Å². The standard InChI is InChI=1S/C15H24BrN3O2/c1-11-17-9-13(16)19(11)10-12-5-7-18(8-6-12)14(20)21-15(2,3)4/h9,12H,5-8,10H2,1-4H3. The lowest BCUT2D eigenvalue weighted by Gasteiger charge is -2.33. The number of hydrogen-bond donors (Lipinski definition) is 0. The number of rotatable bonds is 2. The molecule has 2 rings (SSSR count). The Morgan fingerprint density at radius 2 is 2.05 bits per heavy atom. The van der Waals surface area contributed by atoms with E-state index in [-0.39, 0.29) is 6.09 Å². The summed E-state index contributed by atoms with van der Waals surface area (Å²) in [4.78, 5) is 18.1. The average Bonchev–Trinajstić information content (AvgIpc) is 2.69. The Kier molecular flexibility index (Phi) is 4.96. The fourth-order valence-corrected chi connectivity index (χ4v) is 3.05. The molecule has 1 aliphatic rings. The first-order valence-corrected chi connectivity index (χ1v) is 8.21. The third-order valence-corrected chi connectivity index (χ3v) is 4.35. The van der Waals surface area contributed by atoms with E-state index in [1.807, 2.05) is 38.8 Å². The van der Waals surface area contributed by atoms with Gasteiger partial charge in [-0.1, -0.05) is 0 Å². The Bertz CT molecular complexity index is 480. The van der Waals surface area contributed by atoms with Gasteiger partial charge in [0.1, 0.15) is 16.0 Å². The zero-order valence-corrected chi connectivity index (χ0v) is 14.8. The molecule has 0 N–H and O–H groups in total. The Morgan fingerprint density at radius 1 is 1.43 bits per heavy atom. The fraction of sp³-hybridized carbons (Fsp3) is 0.733. The van der Waals surface area contributed by atoms with Gasteiger partial charge < -0.3 is 14.2 Å². The summed E-state index contributed by atoms with van der Waals surface area (Å²) in [6, 6.07) is 0. The number of aromatic nitrogens is 2. The summed E-state index contributed by atoms with van der Waals surface area (Å²) in [5.41, 5.74) is -0.424. The molecule has 1 amide bonds. The van der Waals surface area contributed by atoms with E-state index in [1.54, 1.807) is 0 Å². The number of hydrogen-bond acceptors (Lipinski definition) is 3. The molecule has 0 atom stereocenters. The van der Waals surface area contributed by atoms with E-state index in [1.165, 1.54) is 0 Å². The van der Waals surface area contributed by atoms with Crippen molar-refractivity contribution in [3.8, 4) is 0 Å². The van der Waals surface area contributed by atoms with Crippen molar-refractivity contribution < 1.29 is 9.53 Å². The van der Waals surface area contributed by atoms with Crippen LogP contribution in [0.1, 0.15) is 39.4 Å². The Balaban J connectivity index is 1.85. The summed E-state index contributed by atoms with van der Waals surface area (Å²) in [5, 5.41) is 0. The lowest BCUT2D eigenvalue weighted by molar-refractivity contribution is 0.0178. The van der Waals surface area contributed by atoms with Gasteiger partial charge in [-0.3, -0.25) is 0 Å². The maximum absolute atomic E-state index is 12.0. The van der Waals surface area contributed by atoms with Gasteiger partial charge in [-0.2, -0.15) is 0 Å². The van der Waals surface area contributed by atoms with Crippen LogP contribution >= 0.6 is 15.9 Å². The van der Waals surface area contributed by atoms with Crippen molar-refractivity contribution in [2.45, 2.75) is 52.7 Å². The molecule has 0 bridgehead atoms. The Hall–Kier alpha value is -1.04. The van der Waals surface area contributed by atoms with Crippen molar-refractivity contribution >= 4 is 22.0 Å². The van der Waals surface area contributed by atoms with Gasteiger partial charge in [-0.05, 0) is 62.4 Å². The quantitative estimate of drug-likeness (QED) is 0.812. The van der Waals surface area contributed by atoms with Gasteiger partial charge >= 0.3 is 6.09 Å². The molecular weight excluding hydrogens is 334 g/mol. The van der Waals surface area contributed by atoms with E-state index >= 15 is 0 Å². The second-order valence-corrected chi connectivity index (χ2v) is 7.46. The molecule has 0 aromatic carbocycles. The predicted molar refractivity (Wildman–Crippen MR) is 85.2 cm³/mol. The average molecular weight is 358 g/mol. The van der Waals surface area contributed by atoms with Crippen molar-refractivity contribution in [2.75, 3.05) is 13.1 Å². The summed E-state index contributed by atoms with van der Waals surface area (Å²) < 4.78 is 8.63. The van der Waals surface area contributed by atoms with E-state index in [4.69, 9.17) is 4.74 Å². The molecule has 0 unspecified atom stereocenters. The maximum Gasteiger partial charge on any atom is 0.410 e. The van der Waals surface area contributed by atoms with Crippen LogP contribution in [-0.4, -0.2) is 39.2 Å². The second kappa shape index (κ2) is 6.38. The first kappa shape index (κ1) is 16.3. The summed E-state index contributed by atoms with van der Waals surface area (Å²) in [7, 11) is 0. The molecule has 1 aromatic rings. The zero-order chi connectivity index (χ0) is 15.6. The predicted octanol–water partition coefficient (Wildman–Crippen LogP) is 3.60. The lowest BCUT2D eigenvalue weighted by Crippen LogP contribution is -2.42. The molecular formula is C15H24BrN3O2. The molecule has 0 spiro atoms. The van der Waals surface area contributed by atoms with E-state index in [2.05, 4.69) is 25.5 Å². The van der Waals surface area contributed by atoms with Gasteiger partial charge in [-0.15, -0.1) is 0 Å². The van der Waals surface area contributed by atoms with Crippen LogP contribution in [0, 0.1) is 12.8 Å². The van der Waals surface area contributed by atoms with Crippen molar-refractivity contribution in [1.82, 2.24) is 14.5 Å². The highest BCUT2D eigenvalue weighted by Gasteiger charge is 2.27. The second-order valence-electron chi connectivity index (χ2n) is 6.65. The smallest absolute Gasteiger partial charge is 0.410 e. The van der Waals surface area contributed by atoms with E-state index < -0.39 is 5.60 Å². The molecule has 0 aliphatic carbocycles. The van der Waals surface area contributed by atoms with Crippen molar-refractivity contribution in [2.24, 2.45) is 5.92 Å². The normalized spacial score (nSPS) is 17.1. The number of aryl methyl sites for hydroxylation is 1. The number of carbonyl (C=O) groups is 1. The highest BCUT2D eigenvalue weighted by molar-refractivity contribution is 9.10. The van der Waals surface area contributed by atoms with Crippen LogP contribution in [0.3, 0.4) is 0 Å². The fourth-order valence-electron chi connectivity index (χ4n) is 2.54. The third-order valence-electron chi connectivity index (χ3n) is 3.71. The maximum atomic E-state index is 12.0. The molecule has 6 heteroatoms. The SMILES string of the molecule is Cc1ncc(Br)n1CC1CCN(C(=O)OC(C)(C)C)CC1. The molecule has 118 valence electrons. The van der Waals surface area contributed by atoms with E-state index in [0.29, 0.717) is 5.92 Å². The molecule has 0 saturated carbocycles. The number of amides is 1. The number of halogens is 1. The number of imidazole rings is 1. The number of ether oxygens (including phenoxy) is 1. The van der Waals surface area contributed by atoms with Crippen LogP contribution in [0.15, 0.2) is 10.8 Å². The third kappa shape index (κ3) is 4.46. The Morgan fingerprint density at radius 3 is 2.52 bits per heavy atom. The van der Waals surface area contributed by atoms with Crippen LogP contribution in [0.2, 0.25) is 0 Å². The van der Waals surface area contributed by atoms with Gasteiger partial charge in [0, 0.05) is 19.6 Å². The number of piperidine rings is 1. The van der Waals surface area contributed by atoms with E-state index in [9.17, 15) is 4.79 Å². The highest BCUT2D eigenvalue weighted by atomic mass is 79.9. The first-order chi connectivity index (χ1) is 9.76. The zero-order valence-electron chi connectivity index (χ0n) is 13.2. The molecule has 1 fully saturated rings. The van der Waals surface area contributed by atoms with Gasteiger partial charge in [0.05, 0.1) is 6.20 Å². The van der Waals surface area contributed by atoms with E-state index in [0.717, 1.165) is 42.9 Å². The van der Waals surface area contributed by atoms with Gasteiger partial charge in [0.25, 0.3) is 0 Å². The molecule has 21 heavy (non-hydrogen) atoms. The van der Waals surface area contributed by atoms with Gasteiger partial charge in [0.15, 0.2) is 0 Å². The van der Waals surface area contributed by atoms with Gasteiger partial charge in [0.2, 0.25) is 0 Å². The lowest BCUT2D eigenvalue weighted by atomic mass is 9.97. The Labute approximate surface area is 134 Å². The van der Waals surface area contributed by atoms with Crippen LogP contribution in [0.5, 0.6) is 0 Å². The number of nitrogens with zero attached hydrogens (tertiary/aromatic N) is 3. The van der Waals surface area contributed by atoms with Crippen LogP contribution in [0.4, 0.5) is 4.79 Å². The largest absolute Gasteiger partial charge is 0.444 e. The summed E-state index contributed by atoms with van der Waals surface area (Å²) >= 11 is 3.53. The molecule has 1 aliphatic heterocycles. The van der Waals surface area contributed by atoms with Crippen molar-refractivity contribution in [3.05, 3.63) is 16.6 Å². The van der Waals surface area contributed by atoms with Crippen molar-refractivity contribution in [3.63, 3.8) is 0 Å². The van der Waals surface area contributed by atoms with Crippen LogP contribution in [-0.2, 0) is 11.3 Å². The van der Waals surface area contributed by atoms with Gasteiger partial charge in [-0.25, -0.2) is 9.78 Å². The number of carbonyl (C=O) groups excluding carboxylic acids is 1.